The molecule has 0 aliphatic carbocycles. The molecule has 1 aromatic carbocycles. The van der Waals surface area contributed by atoms with Gasteiger partial charge in [0, 0.05) is 11.6 Å². The number of carbonyl (C=O) groups is 1. The Morgan fingerprint density at radius 1 is 1.14 bits per heavy atom. The Kier molecular flexibility index (Phi) is 13.1. The molecule has 0 bridgehead atoms. The number of aliphatic carboxylic acids is 1. The van der Waals surface area contributed by atoms with Gasteiger partial charge in [0.15, 0.2) is 0 Å². The van der Waals surface area contributed by atoms with Gasteiger partial charge in [-0.05, 0) is 12.1 Å². The van der Waals surface area contributed by atoms with Crippen molar-refractivity contribution in [1.29, 1.82) is 0 Å². The molecule has 0 saturated carbocycles. The van der Waals surface area contributed by atoms with E-state index in [9.17, 15) is 13.2 Å². The van der Waals surface area contributed by atoms with Crippen molar-refractivity contribution >= 4 is 24.6 Å². The third-order valence-electron chi connectivity index (χ3n) is 1.74. The summed E-state index contributed by atoms with van der Waals surface area (Å²) in [6.07, 6.45) is -3.39. The van der Waals surface area contributed by atoms with Crippen LogP contribution < -0.4 is 56.5 Å². The quantitative estimate of drug-likeness (QED) is 0.505. The van der Waals surface area contributed by atoms with E-state index in [1.54, 1.807) is 0 Å². The SMILES string of the molecule is O=C([O-])C(F)(F)F.O[B]O.[K+].c1ccc2ncccc2c1. The normalized spacial score (nSPS) is 9.19. The van der Waals surface area contributed by atoms with Crippen LogP contribution in [0.5, 0.6) is 0 Å². The first kappa shape index (κ1) is 22.8. The van der Waals surface area contributed by atoms with E-state index in [0.29, 0.717) is 0 Å². The summed E-state index contributed by atoms with van der Waals surface area (Å²) in [6, 6.07) is 12.1. The van der Waals surface area contributed by atoms with Gasteiger partial charge in [0.2, 0.25) is 0 Å². The minimum Gasteiger partial charge on any atom is -0.542 e. The van der Waals surface area contributed by atoms with E-state index in [1.807, 2.05) is 30.5 Å². The summed E-state index contributed by atoms with van der Waals surface area (Å²) in [4.78, 5) is 13.0. The molecule has 107 valence electrons. The van der Waals surface area contributed by atoms with Crippen LogP contribution in [0.15, 0.2) is 42.6 Å². The average Bonchev–Trinajstić information content (AvgIpc) is 2.39. The molecule has 2 N–H and O–H groups in total. The third-order valence-corrected chi connectivity index (χ3v) is 1.74. The molecule has 0 aliphatic heterocycles. The van der Waals surface area contributed by atoms with Crippen molar-refractivity contribution in [1.82, 2.24) is 4.98 Å². The second kappa shape index (κ2) is 12.1. The van der Waals surface area contributed by atoms with E-state index in [1.165, 1.54) is 5.39 Å². The molecule has 21 heavy (non-hydrogen) atoms. The number of benzene rings is 1. The molecule has 0 unspecified atom stereocenters. The molecule has 1 heterocycles. The van der Waals surface area contributed by atoms with Crippen LogP contribution in [0.4, 0.5) is 13.2 Å². The summed E-state index contributed by atoms with van der Waals surface area (Å²) >= 11 is 0. The van der Waals surface area contributed by atoms with Crippen LogP contribution in [-0.2, 0) is 4.79 Å². The standard InChI is InChI=1S/C9H7N.C2HF3O2.BH2O2.K/c1-2-6-9-8(4-1)5-3-7-10-9;3-2(4,5)1(6)7;2-1-3;/h1-7H;(H,6,7);2-3H;/q;;;+1/p-1. The summed E-state index contributed by atoms with van der Waals surface area (Å²) < 4.78 is 31.5. The second-order valence-electron chi connectivity index (χ2n) is 3.10. The van der Waals surface area contributed by atoms with Crippen molar-refractivity contribution in [2.45, 2.75) is 6.18 Å². The second-order valence-corrected chi connectivity index (χ2v) is 3.10. The topological polar surface area (TPSA) is 93.5 Å². The van der Waals surface area contributed by atoms with Crippen molar-refractivity contribution in [3.05, 3.63) is 42.6 Å². The van der Waals surface area contributed by atoms with Gasteiger partial charge < -0.3 is 19.9 Å². The number of hydrogen-bond donors (Lipinski definition) is 2. The Bertz CT molecular complexity index is 477. The van der Waals surface area contributed by atoms with Gasteiger partial charge in [0.25, 0.3) is 0 Å². The van der Waals surface area contributed by atoms with Gasteiger partial charge >= 0.3 is 65.2 Å². The maximum atomic E-state index is 10.5. The Morgan fingerprint density at radius 3 is 2.00 bits per heavy atom. The number of carboxylic acids is 1. The van der Waals surface area contributed by atoms with E-state index in [2.05, 4.69) is 17.1 Å². The largest absolute Gasteiger partial charge is 1.00 e. The van der Waals surface area contributed by atoms with Crippen LogP contribution in [-0.4, -0.2) is 34.9 Å². The first-order chi connectivity index (χ1) is 9.32. The molecule has 0 atom stereocenters. The molecule has 2 rings (SSSR count). The number of halogens is 3. The zero-order chi connectivity index (χ0) is 15.6. The van der Waals surface area contributed by atoms with E-state index in [0.717, 1.165) is 5.52 Å². The van der Waals surface area contributed by atoms with Crippen molar-refractivity contribution in [3.63, 3.8) is 0 Å². The monoisotopic (exact) mass is 326 g/mol. The van der Waals surface area contributed by atoms with Crippen molar-refractivity contribution in [2.24, 2.45) is 0 Å². The maximum absolute atomic E-state index is 10.5. The van der Waals surface area contributed by atoms with Gasteiger partial charge in [0.1, 0.15) is 5.97 Å². The van der Waals surface area contributed by atoms with Gasteiger partial charge in [0.05, 0.1) is 5.52 Å². The average molecular weight is 326 g/mol. The molecule has 5 nitrogen and oxygen atoms in total. The van der Waals surface area contributed by atoms with E-state index in [4.69, 9.17) is 19.9 Å². The van der Waals surface area contributed by atoms with Crippen LogP contribution in [0.2, 0.25) is 0 Å². The van der Waals surface area contributed by atoms with Gasteiger partial charge in [-0.25, -0.2) is 0 Å². The number of pyridine rings is 1. The summed E-state index contributed by atoms with van der Waals surface area (Å²) in [5.74, 6) is -3.01. The first-order valence-electron chi connectivity index (χ1n) is 5.01. The zero-order valence-electron chi connectivity index (χ0n) is 10.9. The Morgan fingerprint density at radius 2 is 1.57 bits per heavy atom. The Balaban J connectivity index is 0. The number of alkyl halides is 3. The molecular formula is C11H9BF3KNO4. The van der Waals surface area contributed by atoms with Crippen molar-refractivity contribution < 1.29 is 84.5 Å². The number of aromatic nitrogens is 1. The fourth-order valence-corrected chi connectivity index (χ4v) is 1.02. The number of hydrogen-bond acceptors (Lipinski definition) is 5. The molecule has 0 aliphatic rings. The summed E-state index contributed by atoms with van der Waals surface area (Å²) in [5, 5.41) is 24.0. The number of rotatable bonds is 0. The fraction of sp³-hybridized carbons (Fsp3) is 0.0909. The van der Waals surface area contributed by atoms with Crippen LogP contribution in [0.3, 0.4) is 0 Å². The molecule has 0 saturated heterocycles. The van der Waals surface area contributed by atoms with Crippen LogP contribution in [0.1, 0.15) is 0 Å². The summed E-state index contributed by atoms with van der Waals surface area (Å²) in [6.45, 7) is 0. The van der Waals surface area contributed by atoms with Gasteiger partial charge in [-0.2, -0.15) is 13.2 Å². The van der Waals surface area contributed by atoms with Gasteiger partial charge in [-0.15, -0.1) is 0 Å². The number of para-hydroxylation sites is 1. The summed E-state index contributed by atoms with van der Waals surface area (Å²) in [5.41, 5.74) is 1.06. The Hall–Kier alpha value is -0.489. The smallest absolute Gasteiger partial charge is 0.542 e. The van der Waals surface area contributed by atoms with Crippen LogP contribution in [0, 0.1) is 0 Å². The van der Waals surface area contributed by atoms with Crippen molar-refractivity contribution in [3.8, 4) is 0 Å². The predicted molar refractivity (Wildman–Crippen MR) is 63.0 cm³/mol. The predicted octanol–water partition coefficient (Wildman–Crippen LogP) is -2.96. The number of carbonyl (C=O) groups excluding carboxylic acids is 1. The molecule has 0 spiro atoms. The molecule has 10 heteroatoms. The molecule has 1 aromatic heterocycles. The molecule has 0 amide bonds. The zero-order valence-corrected chi connectivity index (χ0v) is 14.0. The minimum atomic E-state index is -5.19. The molecule has 0 fully saturated rings. The number of fused-ring (bicyclic) bond motifs is 1. The minimum absolute atomic E-state index is 0. The van der Waals surface area contributed by atoms with E-state index < -0.39 is 12.1 Å². The molecular weight excluding hydrogens is 317 g/mol. The van der Waals surface area contributed by atoms with Gasteiger partial charge in [-0.3, -0.25) is 4.98 Å². The number of carboxylic acid groups (broad SMARTS) is 1. The Labute approximate surface area is 161 Å². The summed E-state index contributed by atoms with van der Waals surface area (Å²) in [7, 11) is 0. The first-order valence-corrected chi connectivity index (χ1v) is 5.01. The molecule has 2 aromatic rings. The van der Waals surface area contributed by atoms with Crippen LogP contribution >= 0.6 is 0 Å². The maximum Gasteiger partial charge on any atom is 1.00 e. The van der Waals surface area contributed by atoms with E-state index >= 15 is 0 Å². The fourth-order valence-electron chi connectivity index (χ4n) is 1.02. The van der Waals surface area contributed by atoms with Gasteiger partial charge in [-0.1, -0.05) is 24.3 Å². The van der Waals surface area contributed by atoms with E-state index in [-0.39, 0.29) is 59.1 Å². The van der Waals surface area contributed by atoms with Crippen LogP contribution in [0.25, 0.3) is 10.9 Å². The third kappa shape index (κ3) is 10.8. The number of nitrogens with zero attached hydrogens (tertiary/aromatic N) is 1. The molecule has 1 radical (unpaired) electrons. The van der Waals surface area contributed by atoms with Crippen molar-refractivity contribution in [2.75, 3.05) is 0 Å².